The van der Waals surface area contributed by atoms with Gasteiger partial charge in [0.05, 0.1) is 11.4 Å². The summed E-state index contributed by atoms with van der Waals surface area (Å²) in [6.07, 6.45) is 0. The van der Waals surface area contributed by atoms with E-state index in [9.17, 15) is 9.59 Å². The highest BCUT2D eigenvalue weighted by molar-refractivity contribution is 7.12. The number of hydrogen-bond donors (Lipinski definition) is 3. The van der Waals surface area contributed by atoms with E-state index in [2.05, 4.69) is 16.0 Å². The van der Waals surface area contributed by atoms with Gasteiger partial charge in [-0.2, -0.15) is 0 Å². The Bertz CT molecular complexity index is 942. The lowest BCUT2D eigenvalue weighted by molar-refractivity contribution is 0.103. The fourth-order valence-electron chi connectivity index (χ4n) is 2.49. The van der Waals surface area contributed by atoms with Crippen molar-refractivity contribution in [3.05, 3.63) is 76.5 Å². The van der Waals surface area contributed by atoms with Gasteiger partial charge in [-0.05, 0) is 54.3 Å². The second kappa shape index (κ2) is 9.57. The Hall–Kier alpha value is -3.32. The lowest BCUT2D eigenvalue weighted by Crippen LogP contribution is -2.32. The first-order valence-electron chi connectivity index (χ1n) is 8.79. The number of rotatable bonds is 7. The molecule has 3 rings (SSSR count). The molecule has 1 heterocycles. The van der Waals surface area contributed by atoms with Crippen LogP contribution >= 0.6 is 11.3 Å². The van der Waals surface area contributed by atoms with Gasteiger partial charge in [0.2, 0.25) is 0 Å². The number of carbonyl (C=O) groups is 2. The quantitative estimate of drug-likeness (QED) is 0.515. The molecule has 0 atom stereocenters. The smallest absolute Gasteiger partial charge is 0.319 e. The molecule has 7 heteroatoms. The maximum Gasteiger partial charge on any atom is 0.319 e. The number of nitrogens with one attached hydrogen (secondary N) is 3. The summed E-state index contributed by atoms with van der Waals surface area (Å²) in [6.45, 7) is 2.73. The van der Waals surface area contributed by atoms with Crippen LogP contribution in [-0.4, -0.2) is 25.1 Å². The van der Waals surface area contributed by atoms with Crippen LogP contribution in [0.25, 0.3) is 0 Å². The third kappa shape index (κ3) is 5.85. The van der Waals surface area contributed by atoms with E-state index in [0.717, 1.165) is 11.3 Å². The number of amides is 3. The molecule has 0 spiro atoms. The minimum atomic E-state index is -0.338. The van der Waals surface area contributed by atoms with Crippen molar-refractivity contribution in [3.8, 4) is 5.75 Å². The summed E-state index contributed by atoms with van der Waals surface area (Å²) in [4.78, 5) is 24.8. The predicted molar refractivity (Wildman–Crippen MR) is 112 cm³/mol. The zero-order chi connectivity index (χ0) is 19.8. The number of ether oxygens (including phenoxy) is 1. The number of carbonyl (C=O) groups excluding carboxylic acids is 2. The van der Waals surface area contributed by atoms with Crippen LogP contribution in [0.3, 0.4) is 0 Å². The number of hydrogen-bond acceptors (Lipinski definition) is 4. The fourth-order valence-corrected chi connectivity index (χ4v) is 3.11. The second-order valence-electron chi connectivity index (χ2n) is 6.06. The van der Waals surface area contributed by atoms with Gasteiger partial charge in [-0.1, -0.05) is 24.3 Å². The highest BCUT2D eigenvalue weighted by atomic mass is 32.1. The van der Waals surface area contributed by atoms with Crippen molar-refractivity contribution < 1.29 is 14.3 Å². The average molecular weight is 395 g/mol. The molecule has 28 heavy (non-hydrogen) atoms. The van der Waals surface area contributed by atoms with Crippen molar-refractivity contribution in [2.24, 2.45) is 0 Å². The molecule has 6 nitrogen and oxygen atoms in total. The highest BCUT2D eigenvalue weighted by Gasteiger charge is 2.08. The van der Waals surface area contributed by atoms with Gasteiger partial charge in [-0.3, -0.25) is 4.79 Å². The Kier molecular flexibility index (Phi) is 6.64. The van der Waals surface area contributed by atoms with E-state index < -0.39 is 0 Å². The molecule has 0 saturated carbocycles. The predicted octanol–water partition coefficient (Wildman–Crippen LogP) is 4.51. The van der Waals surface area contributed by atoms with E-state index in [1.807, 2.05) is 42.6 Å². The molecule has 0 fully saturated rings. The van der Waals surface area contributed by atoms with Crippen molar-refractivity contribution >= 4 is 34.6 Å². The van der Waals surface area contributed by atoms with E-state index in [4.69, 9.17) is 4.74 Å². The summed E-state index contributed by atoms with van der Waals surface area (Å²) in [5.74, 6) is 0.598. The second-order valence-corrected chi connectivity index (χ2v) is 7.01. The molecule has 1 aromatic heterocycles. The van der Waals surface area contributed by atoms with Gasteiger partial charge in [0.25, 0.3) is 5.91 Å². The van der Waals surface area contributed by atoms with Crippen molar-refractivity contribution in [2.75, 3.05) is 23.8 Å². The molecule has 0 aliphatic rings. The summed E-state index contributed by atoms with van der Waals surface area (Å²) in [7, 11) is 0. The van der Waals surface area contributed by atoms with Crippen LogP contribution in [0.5, 0.6) is 5.75 Å². The third-order valence-corrected chi connectivity index (χ3v) is 4.64. The Morgan fingerprint density at radius 3 is 2.50 bits per heavy atom. The topological polar surface area (TPSA) is 79.5 Å². The van der Waals surface area contributed by atoms with Crippen LogP contribution in [0.4, 0.5) is 16.2 Å². The summed E-state index contributed by atoms with van der Waals surface area (Å²) in [5.41, 5.74) is 2.31. The molecular weight excluding hydrogens is 374 g/mol. The normalized spacial score (nSPS) is 10.2. The van der Waals surface area contributed by atoms with Crippen molar-refractivity contribution in [2.45, 2.75) is 6.92 Å². The molecule has 0 aliphatic heterocycles. The van der Waals surface area contributed by atoms with E-state index in [1.54, 1.807) is 30.3 Å². The molecule has 0 aliphatic carbocycles. The van der Waals surface area contributed by atoms with E-state index >= 15 is 0 Å². The monoisotopic (exact) mass is 395 g/mol. The van der Waals surface area contributed by atoms with Gasteiger partial charge < -0.3 is 20.7 Å². The Labute approximate surface area is 167 Å². The van der Waals surface area contributed by atoms with Gasteiger partial charge in [0, 0.05) is 11.4 Å². The summed E-state index contributed by atoms with van der Waals surface area (Å²) < 4.78 is 5.60. The van der Waals surface area contributed by atoms with E-state index in [1.165, 1.54) is 11.3 Å². The van der Waals surface area contributed by atoms with E-state index in [-0.39, 0.29) is 11.9 Å². The number of urea groups is 1. The van der Waals surface area contributed by atoms with Crippen molar-refractivity contribution in [3.63, 3.8) is 0 Å². The van der Waals surface area contributed by atoms with Crippen LogP contribution in [0, 0.1) is 6.92 Å². The van der Waals surface area contributed by atoms with Gasteiger partial charge in [0.1, 0.15) is 12.4 Å². The molecule has 3 aromatic rings. The van der Waals surface area contributed by atoms with Gasteiger partial charge in [-0.25, -0.2) is 4.79 Å². The van der Waals surface area contributed by atoms with Crippen LogP contribution in [0.15, 0.2) is 66.0 Å². The standard InChI is InChI=1S/C21H21N3O3S/c1-15-5-2-8-18(13-15)27-11-10-22-21(26)24-17-7-3-6-16(14-17)23-20(25)19-9-4-12-28-19/h2-9,12-14H,10-11H2,1H3,(H,23,25)(H2,22,24,26). The number of thiophene rings is 1. The van der Waals surface area contributed by atoms with Crippen LogP contribution in [0.2, 0.25) is 0 Å². The number of benzene rings is 2. The van der Waals surface area contributed by atoms with Gasteiger partial charge in [-0.15, -0.1) is 11.3 Å². The van der Waals surface area contributed by atoms with Crippen LogP contribution in [-0.2, 0) is 0 Å². The molecule has 0 bridgehead atoms. The molecule has 144 valence electrons. The zero-order valence-corrected chi connectivity index (χ0v) is 16.2. The SMILES string of the molecule is Cc1cccc(OCCNC(=O)Nc2cccc(NC(=O)c3cccs3)c2)c1. The Balaban J connectivity index is 1.44. The maximum absolute atomic E-state index is 12.1. The first-order chi connectivity index (χ1) is 13.6. The molecule has 2 aromatic carbocycles. The summed E-state index contributed by atoms with van der Waals surface area (Å²) >= 11 is 1.37. The molecule has 0 saturated heterocycles. The molecular formula is C21H21N3O3S. The zero-order valence-electron chi connectivity index (χ0n) is 15.4. The average Bonchev–Trinajstić information content (AvgIpc) is 3.21. The summed E-state index contributed by atoms with van der Waals surface area (Å²) in [5, 5.41) is 10.1. The van der Waals surface area contributed by atoms with Gasteiger partial charge >= 0.3 is 6.03 Å². The Morgan fingerprint density at radius 1 is 0.964 bits per heavy atom. The lowest BCUT2D eigenvalue weighted by Gasteiger charge is -2.10. The minimum absolute atomic E-state index is 0.176. The largest absolute Gasteiger partial charge is 0.492 e. The van der Waals surface area contributed by atoms with Gasteiger partial charge in [0.15, 0.2) is 0 Å². The number of aryl methyl sites for hydroxylation is 1. The fraction of sp³-hybridized carbons (Fsp3) is 0.143. The molecule has 3 N–H and O–H groups in total. The maximum atomic E-state index is 12.1. The van der Waals surface area contributed by atoms with Crippen LogP contribution in [0.1, 0.15) is 15.2 Å². The third-order valence-electron chi connectivity index (χ3n) is 3.77. The lowest BCUT2D eigenvalue weighted by atomic mass is 10.2. The first kappa shape index (κ1) is 19.4. The Morgan fingerprint density at radius 2 is 1.75 bits per heavy atom. The summed E-state index contributed by atoms with van der Waals surface area (Å²) in [6, 6.07) is 18.0. The minimum Gasteiger partial charge on any atom is -0.492 e. The van der Waals surface area contributed by atoms with Crippen molar-refractivity contribution in [1.82, 2.24) is 5.32 Å². The molecule has 3 amide bonds. The molecule has 0 unspecified atom stereocenters. The van der Waals surface area contributed by atoms with Crippen LogP contribution < -0.4 is 20.7 Å². The molecule has 0 radical (unpaired) electrons. The number of anilines is 2. The highest BCUT2D eigenvalue weighted by Crippen LogP contribution is 2.17. The van der Waals surface area contributed by atoms with E-state index in [0.29, 0.717) is 29.4 Å². The first-order valence-corrected chi connectivity index (χ1v) is 9.67. The van der Waals surface area contributed by atoms with Crippen molar-refractivity contribution in [1.29, 1.82) is 0 Å².